The van der Waals surface area contributed by atoms with Gasteiger partial charge >= 0.3 is 0 Å². The van der Waals surface area contributed by atoms with Gasteiger partial charge in [-0.15, -0.1) is 0 Å². The molecule has 2 nitrogen and oxygen atoms in total. The molecule has 0 atom stereocenters. The first-order valence-electron chi connectivity index (χ1n) is 6.42. The van der Waals surface area contributed by atoms with Gasteiger partial charge in [0.2, 0.25) is 0 Å². The standard InChI is InChI=1S/C15H19ClN2/c1-5-11-10(4)18-15-12(16)8-7-9(3)13(15)14(11)17-6-2/h7-8H,5-6H2,1-4H3,(H,17,18). The topological polar surface area (TPSA) is 24.9 Å². The van der Waals surface area contributed by atoms with Crippen molar-refractivity contribution in [3.05, 3.63) is 34.0 Å². The fourth-order valence-corrected chi connectivity index (χ4v) is 2.66. The molecule has 0 bridgehead atoms. The van der Waals surface area contributed by atoms with Crippen LogP contribution >= 0.6 is 11.6 Å². The molecule has 0 aliphatic heterocycles. The molecule has 1 N–H and O–H groups in total. The third-order valence-corrected chi connectivity index (χ3v) is 3.62. The van der Waals surface area contributed by atoms with E-state index in [9.17, 15) is 0 Å². The summed E-state index contributed by atoms with van der Waals surface area (Å²) in [5, 5.41) is 5.36. The Morgan fingerprint density at radius 2 is 1.94 bits per heavy atom. The minimum atomic E-state index is 0.723. The molecule has 0 radical (unpaired) electrons. The molecule has 0 saturated heterocycles. The van der Waals surface area contributed by atoms with Crippen molar-refractivity contribution in [3.63, 3.8) is 0 Å². The Labute approximate surface area is 113 Å². The van der Waals surface area contributed by atoms with Crippen molar-refractivity contribution < 1.29 is 0 Å². The Morgan fingerprint density at radius 1 is 1.22 bits per heavy atom. The third kappa shape index (κ3) is 2.05. The maximum atomic E-state index is 6.28. The first-order chi connectivity index (χ1) is 8.60. The molecular weight excluding hydrogens is 244 g/mol. The van der Waals surface area contributed by atoms with Gasteiger partial charge in [0.15, 0.2) is 0 Å². The molecule has 1 heterocycles. The second-order valence-electron chi connectivity index (χ2n) is 4.52. The molecule has 0 spiro atoms. The summed E-state index contributed by atoms with van der Waals surface area (Å²) in [5.41, 5.74) is 5.67. The van der Waals surface area contributed by atoms with Crippen LogP contribution in [-0.4, -0.2) is 11.5 Å². The lowest BCUT2D eigenvalue weighted by Gasteiger charge is -2.17. The van der Waals surface area contributed by atoms with Crippen LogP contribution in [0.1, 0.15) is 30.7 Å². The smallest absolute Gasteiger partial charge is 0.0914 e. The van der Waals surface area contributed by atoms with Gasteiger partial charge in [0, 0.05) is 23.3 Å². The number of hydrogen-bond acceptors (Lipinski definition) is 2. The van der Waals surface area contributed by atoms with Crippen LogP contribution in [0.25, 0.3) is 10.9 Å². The lowest BCUT2D eigenvalue weighted by atomic mass is 10.0. The Bertz CT molecular complexity index is 591. The molecule has 1 aromatic heterocycles. The second kappa shape index (κ2) is 5.15. The molecule has 0 amide bonds. The van der Waals surface area contributed by atoms with Crippen LogP contribution in [0, 0.1) is 13.8 Å². The van der Waals surface area contributed by atoms with Crippen molar-refractivity contribution in [2.75, 3.05) is 11.9 Å². The van der Waals surface area contributed by atoms with E-state index in [1.165, 1.54) is 16.8 Å². The van der Waals surface area contributed by atoms with Crippen molar-refractivity contribution >= 4 is 28.2 Å². The summed E-state index contributed by atoms with van der Waals surface area (Å²) < 4.78 is 0. The van der Waals surface area contributed by atoms with Crippen LogP contribution in [0.2, 0.25) is 5.02 Å². The second-order valence-corrected chi connectivity index (χ2v) is 4.93. The highest BCUT2D eigenvalue weighted by molar-refractivity contribution is 6.35. The largest absolute Gasteiger partial charge is 0.384 e. The number of halogens is 1. The van der Waals surface area contributed by atoms with Crippen LogP contribution in [-0.2, 0) is 6.42 Å². The lowest BCUT2D eigenvalue weighted by Crippen LogP contribution is -2.06. The van der Waals surface area contributed by atoms with Gasteiger partial charge in [-0.2, -0.15) is 0 Å². The van der Waals surface area contributed by atoms with Gasteiger partial charge in [-0.3, -0.25) is 4.98 Å². The zero-order chi connectivity index (χ0) is 13.3. The van der Waals surface area contributed by atoms with E-state index in [-0.39, 0.29) is 0 Å². The highest BCUT2D eigenvalue weighted by Gasteiger charge is 2.14. The van der Waals surface area contributed by atoms with Crippen molar-refractivity contribution in [1.29, 1.82) is 0 Å². The van der Waals surface area contributed by atoms with Gasteiger partial charge in [0.1, 0.15) is 0 Å². The van der Waals surface area contributed by atoms with Gasteiger partial charge in [-0.05, 0) is 44.4 Å². The zero-order valence-electron chi connectivity index (χ0n) is 11.4. The molecule has 2 rings (SSSR count). The fraction of sp³-hybridized carbons (Fsp3) is 0.400. The van der Waals surface area contributed by atoms with E-state index in [1.54, 1.807) is 0 Å². The maximum absolute atomic E-state index is 6.28. The lowest BCUT2D eigenvalue weighted by molar-refractivity contribution is 1.06. The van der Waals surface area contributed by atoms with Crippen molar-refractivity contribution in [3.8, 4) is 0 Å². The first-order valence-corrected chi connectivity index (χ1v) is 6.80. The van der Waals surface area contributed by atoms with Crippen molar-refractivity contribution in [1.82, 2.24) is 4.98 Å². The van der Waals surface area contributed by atoms with Gasteiger partial charge in [-0.1, -0.05) is 24.6 Å². The molecule has 1 aromatic carbocycles. The summed E-state index contributed by atoms with van der Waals surface area (Å²) in [6.45, 7) is 9.34. The monoisotopic (exact) mass is 262 g/mol. The van der Waals surface area contributed by atoms with Crippen LogP contribution < -0.4 is 5.32 Å². The van der Waals surface area contributed by atoms with Gasteiger partial charge in [-0.25, -0.2) is 0 Å². The van der Waals surface area contributed by atoms with Crippen molar-refractivity contribution in [2.45, 2.75) is 34.1 Å². The number of aryl methyl sites for hydroxylation is 2. The number of hydrogen-bond donors (Lipinski definition) is 1. The Balaban J connectivity index is 2.91. The minimum absolute atomic E-state index is 0.723. The molecule has 18 heavy (non-hydrogen) atoms. The Hall–Kier alpha value is -1.28. The van der Waals surface area contributed by atoms with E-state index < -0.39 is 0 Å². The van der Waals surface area contributed by atoms with Crippen molar-refractivity contribution in [2.24, 2.45) is 0 Å². The molecular formula is C15H19ClN2. The minimum Gasteiger partial charge on any atom is -0.384 e. The number of nitrogens with one attached hydrogen (secondary N) is 1. The summed E-state index contributed by atoms with van der Waals surface area (Å²) in [7, 11) is 0. The van der Waals surface area contributed by atoms with Crippen LogP contribution in [0.3, 0.4) is 0 Å². The Kier molecular flexibility index (Phi) is 3.76. The summed E-state index contributed by atoms with van der Waals surface area (Å²) >= 11 is 6.28. The van der Waals surface area contributed by atoms with Crippen LogP contribution in [0.15, 0.2) is 12.1 Å². The molecule has 0 unspecified atom stereocenters. The number of aromatic nitrogens is 1. The third-order valence-electron chi connectivity index (χ3n) is 3.31. The molecule has 0 saturated carbocycles. The summed E-state index contributed by atoms with van der Waals surface area (Å²) in [4.78, 5) is 4.68. The predicted molar refractivity (Wildman–Crippen MR) is 79.8 cm³/mol. The Morgan fingerprint density at radius 3 is 2.56 bits per heavy atom. The van der Waals surface area contributed by atoms with Crippen LogP contribution in [0.4, 0.5) is 5.69 Å². The highest BCUT2D eigenvalue weighted by Crippen LogP contribution is 2.34. The zero-order valence-corrected chi connectivity index (χ0v) is 12.2. The first kappa shape index (κ1) is 13.2. The number of benzene rings is 1. The summed E-state index contributed by atoms with van der Waals surface area (Å²) in [6.07, 6.45) is 0.975. The molecule has 0 fully saturated rings. The van der Waals surface area contributed by atoms with E-state index in [0.717, 1.165) is 34.6 Å². The predicted octanol–water partition coefficient (Wildman–Crippen LogP) is 4.50. The van der Waals surface area contributed by atoms with Gasteiger partial charge < -0.3 is 5.32 Å². The van der Waals surface area contributed by atoms with E-state index >= 15 is 0 Å². The molecule has 2 aromatic rings. The molecule has 0 aliphatic carbocycles. The van der Waals surface area contributed by atoms with E-state index in [2.05, 4.69) is 44.1 Å². The average molecular weight is 263 g/mol. The number of rotatable bonds is 3. The molecule has 96 valence electrons. The van der Waals surface area contributed by atoms with E-state index in [0.29, 0.717) is 0 Å². The van der Waals surface area contributed by atoms with Crippen LogP contribution in [0.5, 0.6) is 0 Å². The maximum Gasteiger partial charge on any atom is 0.0914 e. The quantitative estimate of drug-likeness (QED) is 0.881. The summed E-state index contributed by atoms with van der Waals surface area (Å²) in [6, 6.07) is 3.98. The van der Waals surface area contributed by atoms with E-state index in [1.807, 2.05) is 6.07 Å². The number of nitrogens with zero attached hydrogens (tertiary/aromatic N) is 1. The number of fused-ring (bicyclic) bond motifs is 1. The molecule has 3 heteroatoms. The van der Waals surface area contributed by atoms with Gasteiger partial charge in [0.25, 0.3) is 0 Å². The number of anilines is 1. The summed E-state index contributed by atoms with van der Waals surface area (Å²) in [5.74, 6) is 0. The fourth-order valence-electron chi connectivity index (χ4n) is 2.46. The number of pyridine rings is 1. The average Bonchev–Trinajstić information content (AvgIpc) is 2.34. The highest BCUT2D eigenvalue weighted by atomic mass is 35.5. The normalized spacial score (nSPS) is 10.9. The molecule has 0 aliphatic rings. The SMILES string of the molecule is CCNc1c(CC)c(C)nc2c(Cl)ccc(C)c12. The van der Waals surface area contributed by atoms with E-state index in [4.69, 9.17) is 11.6 Å². The van der Waals surface area contributed by atoms with Gasteiger partial charge in [0.05, 0.1) is 10.5 Å².